The van der Waals surface area contributed by atoms with Gasteiger partial charge in [0.2, 0.25) is 0 Å². The van der Waals surface area contributed by atoms with E-state index < -0.39 is 23.3 Å². The van der Waals surface area contributed by atoms with Crippen LogP contribution in [0.25, 0.3) is 0 Å². The van der Waals surface area contributed by atoms with Crippen LogP contribution in [0.1, 0.15) is 5.56 Å². The molecule has 0 saturated carbocycles. The maximum Gasteiger partial charge on any atom is 0.310 e. The normalized spacial score (nSPS) is 9.83. The summed E-state index contributed by atoms with van der Waals surface area (Å²) in [4.78, 5) is 33.8. The number of rotatable bonds is 7. The number of carbonyl (C=O) groups excluding carboxylic acids is 2. The molecular weight excluding hydrogens is 400 g/mol. The number of carbonyl (C=O) groups is 2. The number of hydrogen-bond acceptors (Lipinski definition) is 7. The summed E-state index contributed by atoms with van der Waals surface area (Å²) in [6, 6.07) is 12.9. The van der Waals surface area contributed by atoms with Crippen LogP contribution < -0.4 is 25.6 Å². The Bertz CT molecular complexity index is 921. The minimum absolute atomic E-state index is 0.0446. The third kappa shape index (κ3) is 7.42. The zero-order chi connectivity index (χ0) is 21.2. The van der Waals surface area contributed by atoms with Gasteiger partial charge in [-0.2, -0.15) is 0 Å². The average Bonchev–Trinajstić information content (AvgIpc) is 2.69. The molecule has 2 aromatic rings. The molecule has 0 unspecified atom stereocenters. The molecule has 3 N–H and O–H groups in total. The van der Waals surface area contributed by atoms with Crippen molar-refractivity contribution in [1.29, 1.82) is 0 Å². The van der Waals surface area contributed by atoms with Crippen molar-refractivity contribution in [2.45, 2.75) is 6.92 Å². The van der Waals surface area contributed by atoms with E-state index in [-0.39, 0.29) is 23.2 Å². The van der Waals surface area contributed by atoms with Gasteiger partial charge in [-0.25, -0.2) is 0 Å². The SMILES string of the molecule is Cc1cccc(OCC(=O)NC(=S)NNC(=O)COc2ccccc2[N+](=O)[O-])c1. The van der Waals surface area contributed by atoms with Crippen molar-refractivity contribution in [2.24, 2.45) is 0 Å². The van der Waals surface area contributed by atoms with Gasteiger partial charge in [-0.3, -0.25) is 35.9 Å². The monoisotopic (exact) mass is 418 g/mol. The molecule has 0 atom stereocenters. The summed E-state index contributed by atoms with van der Waals surface area (Å²) in [5.74, 6) is -0.679. The van der Waals surface area contributed by atoms with Gasteiger partial charge in [-0.05, 0) is 42.9 Å². The fraction of sp³-hybridized carbons (Fsp3) is 0.167. The highest BCUT2D eigenvalue weighted by Gasteiger charge is 2.15. The molecule has 0 aromatic heterocycles. The molecule has 0 heterocycles. The Hall–Kier alpha value is -3.73. The van der Waals surface area contributed by atoms with Crippen LogP contribution in [0.15, 0.2) is 48.5 Å². The molecule has 11 heteroatoms. The highest BCUT2D eigenvalue weighted by molar-refractivity contribution is 7.80. The van der Waals surface area contributed by atoms with Crippen LogP contribution in [-0.2, 0) is 9.59 Å². The summed E-state index contributed by atoms with van der Waals surface area (Å²) in [5.41, 5.74) is 5.26. The van der Waals surface area contributed by atoms with E-state index in [4.69, 9.17) is 21.7 Å². The highest BCUT2D eigenvalue weighted by atomic mass is 32.1. The molecule has 0 fully saturated rings. The van der Waals surface area contributed by atoms with Gasteiger partial charge >= 0.3 is 5.69 Å². The lowest BCUT2D eigenvalue weighted by Crippen LogP contribution is -2.50. The zero-order valence-electron chi connectivity index (χ0n) is 15.3. The number of nitrogens with zero attached hydrogens (tertiary/aromatic N) is 1. The molecule has 152 valence electrons. The Morgan fingerprint density at radius 1 is 1.03 bits per heavy atom. The van der Waals surface area contributed by atoms with Gasteiger partial charge in [-0.15, -0.1) is 0 Å². The molecule has 0 aliphatic rings. The second-order valence-electron chi connectivity index (χ2n) is 5.67. The zero-order valence-corrected chi connectivity index (χ0v) is 16.2. The molecule has 10 nitrogen and oxygen atoms in total. The second kappa shape index (κ2) is 10.6. The summed E-state index contributed by atoms with van der Waals surface area (Å²) < 4.78 is 10.5. The van der Waals surface area contributed by atoms with Crippen LogP contribution in [0.3, 0.4) is 0 Å². The smallest absolute Gasteiger partial charge is 0.310 e. The molecular formula is C18H18N4O6S. The molecule has 2 amide bonds. The minimum Gasteiger partial charge on any atom is -0.484 e. The Morgan fingerprint density at radius 2 is 1.76 bits per heavy atom. The summed E-state index contributed by atoms with van der Waals surface area (Å²) in [6.07, 6.45) is 0. The number of amides is 2. The topological polar surface area (TPSA) is 132 Å². The maximum absolute atomic E-state index is 11.8. The highest BCUT2D eigenvalue weighted by Crippen LogP contribution is 2.25. The van der Waals surface area contributed by atoms with Gasteiger partial charge in [-0.1, -0.05) is 24.3 Å². The molecule has 0 aliphatic carbocycles. The standard InChI is InChI=1S/C18H18N4O6S/c1-12-5-4-6-13(9-12)27-10-16(23)19-18(29)21-20-17(24)11-28-15-8-3-2-7-14(15)22(25)26/h2-9H,10-11H2,1H3,(H,20,24)(H2,19,21,23,29). The van der Waals surface area contributed by atoms with Crippen LogP contribution >= 0.6 is 12.2 Å². The molecule has 0 aliphatic heterocycles. The number of ether oxygens (including phenoxy) is 2. The predicted molar refractivity (Wildman–Crippen MR) is 107 cm³/mol. The van der Waals surface area contributed by atoms with Crippen LogP contribution in [0.5, 0.6) is 11.5 Å². The third-order valence-corrected chi connectivity index (χ3v) is 3.55. The maximum atomic E-state index is 11.8. The second-order valence-corrected chi connectivity index (χ2v) is 6.08. The molecule has 0 saturated heterocycles. The average molecular weight is 418 g/mol. The number of hydrazine groups is 1. The molecule has 0 radical (unpaired) electrons. The number of nitro benzene ring substituents is 1. The fourth-order valence-electron chi connectivity index (χ4n) is 2.08. The molecule has 0 spiro atoms. The largest absolute Gasteiger partial charge is 0.484 e. The van der Waals surface area contributed by atoms with Gasteiger partial charge in [0.15, 0.2) is 24.1 Å². The summed E-state index contributed by atoms with van der Waals surface area (Å²) in [5, 5.41) is 13.1. The predicted octanol–water partition coefficient (Wildman–Crippen LogP) is 1.38. The number of aryl methyl sites for hydroxylation is 1. The van der Waals surface area contributed by atoms with Gasteiger partial charge < -0.3 is 9.47 Å². The summed E-state index contributed by atoms with van der Waals surface area (Å²) >= 11 is 4.89. The van der Waals surface area contributed by atoms with E-state index in [1.165, 1.54) is 18.2 Å². The first-order chi connectivity index (χ1) is 13.8. The van der Waals surface area contributed by atoms with Crippen molar-refractivity contribution in [1.82, 2.24) is 16.2 Å². The lowest BCUT2D eigenvalue weighted by molar-refractivity contribution is -0.385. The number of thiocarbonyl (C=S) groups is 1. The van der Waals surface area contributed by atoms with E-state index in [2.05, 4.69) is 16.2 Å². The molecule has 2 rings (SSSR count). The lowest BCUT2D eigenvalue weighted by Gasteiger charge is -2.12. The first-order valence-corrected chi connectivity index (χ1v) is 8.70. The van der Waals surface area contributed by atoms with Crippen molar-refractivity contribution < 1.29 is 24.0 Å². The Kier molecular flexibility index (Phi) is 7.86. The van der Waals surface area contributed by atoms with Crippen LogP contribution in [0.2, 0.25) is 0 Å². The lowest BCUT2D eigenvalue weighted by atomic mass is 10.2. The molecule has 29 heavy (non-hydrogen) atoms. The van der Waals surface area contributed by atoms with Crippen molar-refractivity contribution >= 4 is 34.8 Å². The van der Waals surface area contributed by atoms with Gasteiger partial charge in [0.05, 0.1) is 4.92 Å². The Morgan fingerprint density at radius 3 is 2.48 bits per heavy atom. The number of hydrogen-bond donors (Lipinski definition) is 3. The number of nitro groups is 1. The van der Waals surface area contributed by atoms with Crippen molar-refractivity contribution in [3.05, 3.63) is 64.2 Å². The van der Waals surface area contributed by atoms with E-state index >= 15 is 0 Å². The van der Waals surface area contributed by atoms with E-state index in [1.54, 1.807) is 24.3 Å². The fourth-order valence-corrected chi connectivity index (χ4v) is 2.25. The Balaban J connectivity index is 1.69. The van der Waals surface area contributed by atoms with Crippen molar-refractivity contribution in [3.8, 4) is 11.5 Å². The minimum atomic E-state index is -0.657. The van der Waals surface area contributed by atoms with Crippen LogP contribution in [0.4, 0.5) is 5.69 Å². The van der Waals surface area contributed by atoms with E-state index in [0.29, 0.717) is 5.75 Å². The van der Waals surface area contributed by atoms with Crippen molar-refractivity contribution in [2.75, 3.05) is 13.2 Å². The number of para-hydroxylation sites is 2. The quantitative estimate of drug-likeness (QED) is 0.349. The van der Waals surface area contributed by atoms with Crippen LogP contribution in [0, 0.1) is 17.0 Å². The van der Waals surface area contributed by atoms with E-state index in [0.717, 1.165) is 5.56 Å². The summed E-state index contributed by atoms with van der Waals surface area (Å²) in [6.45, 7) is 1.14. The first kappa shape index (κ1) is 21.6. The summed E-state index contributed by atoms with van der Waals surface area (Å²) in [7, 11) is 0. The third-order valence-electron chi connectivity index (χ3n) is 3.35. The van der Waals surface area contributed by atoms with Gasteiger partial charge in [0.1, 0.15) is 5.75 Å². The van der Waals surface area contributed by atoms with Gasteiger partial charge in [0.25, 0.3) is 11.8 Å². The van der Waals surface area contributed by atoms with E-state index in [9.17, 15) is 19.7 Å². The number of nitrogens with one attached hydrogen (secondary N) is 3. The number of benzene rings is 2. The Labute approximate surface area is 171 Å². The van der Waals surface area contributed by atoms with E-state index in [1.807, 2.05) is 13.0 Å². The first-order valence-electron chi connectivity index (χ1n) is 8.29. The van der Waals surface area contributed by atoms with Crippen molar-refractivity contribution in [3.63, 3.8) is 0 Å². The molecule has 2 aromatic carbocycles. The molecule has 0 bridgehead atoms. The van der Waals surface area contributed by atoms with Crippen LogP contribution in [-0.4, -0.2) is 35.1 Å². The van der Waals surface area contributed by atoms with Gasteiger partial charge in [0, 0.05) is 6.07 Å².